The molecule has 3 aliphatic heterocycles. The fraction of sp³-hybridized carbons (Fsp3) is 0.0952. The summed E-state index contributed by atoms with van der Waals surface area (Å²) in [6.07, 6.45) is 1.76. The molecule has 7 heteroatoms. The molecule has 0 saturated carbocycles. The molecular weight excluding hydrogens is 377 g/mol. The molecule has 0 amide bonds. The molecule has 1 N–H and O–H groups in total. The third-order valence-electron chi connectivity index (χ3n) is 4.71. The number of fused-ring (bicyclic) bond motifs is 3. The van der Waals surface area contributed by atoms with Crippen molar-refractivity contribution in [2.75, 3.05) is 11.9 Å². The number of benzene rings is 2. The Morgan fingerprint density at radius 1 is 1.07 bits per heavy atom. The van der Waals surface area contributed by atoms with E-state index in [0.717, 1.165) is 41.4 Å². The molecule has 0 spiro atoms. The van der Waals surface area contributed by atoms with Crippen LogP contribution in [0.25, 0.3) is 22.5 Å². The maximum Gasteiger partial charge on any atom is 0.251 e. The van der Waals surface area contributed by atoms with E-state index in [0.29, 0.717) is 16.3 Å². The quantitative estimate of drug-likeness (QED) is 0.547. The zero-order chi connectivity index (χ0) is 19.1. The monoisotopic (exact) mass is 391 g/mol. The molecule has 0 aliphatic carbocycles. The fourth-order valence-corrected chi connectivity index (χ4v) is 3.67. The topological polar surface area (TPSA) is 55.1 Å². The Kier molecular flexibility index (Phi) is 4.06. The second-order valence-electron chi connectivity index (χ2n) is 6.50. The molecule has 0 unspecified atom stereocenters. The number of hydrogen-bond acceptors (Lipinski definition) is 4. The normalized spacial score (nSPS) is 13.6. The number of nitrogens with zero attached hydrogens (tertiary/aromatic N) is 4. The second-order valence-corrected chi connectivity index (χ2v) is 6.91. The van der Waals surface area contributed by atoms with Crippen molar-refractivity contribution >= 4 is 23.1 Å². The van der Waals surface area contributed by atoms with Crippen molar-refractivity contribution in [3.8, 4) is 22.5 Å². The molecule has 5 rings (SSSR count). The Bertz CT molecular complexity index is 1220. The van der Waals surface area contributed by atoms with Gasteiger partial charge in [-0.2, -0.15) is 4.98 Å². The summed E-state index contributed by atoms with van der Waals surface area (Å²) in [5.74, 6) is 1.48. The van der Waals surface area contributed by atoms with E-state index in [-0.39, 0.29) is 5.82 Å². The van der Waals surface area contributed by atoms with Gasteiger partial charge < -0.3 is 9.88 Å². The third kappa shape index (κ3) is 2.92. The SMILES string of the molecule is Fc1ccc(N=c2ncc3cc(-c4ccccc4Cl)c4n(c-3n2)CCN4)cc1. The van der Waals surface area contributed by atoms with Gasteiger partial charge >= 0.3 is 0 Å². The second kappa shape index (κ2) is 6.73. The summed E-state index contributed by atoms with van der Waals surface area (Å²) in [7, 11) is 0. The molecule has 138 valence electrons. The van der Waals surface area contributed by atoms with Crippen molar-refractivity contribution in [3.05, 3.63) is 77.3 Å². The Balaban J connectivity index is 1.70. The predicted octanol–water partition coefficient (Wildman–Crippen LogP) is 4.50. The number of aromatic nitrogens is 3. The van der Waals surface area contributed by atoms with Gasteiger partial charge in [-0.15, -0.1) is 0 Å². The van der Waals surface area contributed by atoms with Crippen molar-refractivity contribution in [2.24, 2.45) is 4.99 Å². The number of pyridine rings is 1. The number of anilines is 1. The summed E-state index contributed by atoms with van der Waals surface area (Å²) in [5.41, 5.74) is 3.83. The van der Waals surface area contributed by atoms with Crippen molar-refractivity contribution < 1.29 is 4.39 Å². The van der Waals surface area contributed by atoms with Crippen LogP contribution < -0.4 is 10.9 Å². The molecule has 0 fully saturated rings. The lowest BCUT2D eigenvalue weighted by Gasteiger charge is -2.17. The summed E-state index contributed by atoms with van der Waals surface area (Å²) < 4.78 is 15.2. The zero-order valence-electron chi connectivity index (χ0n) is 14.7. The summed E-state index contributed by atoms with van der Waals surface area (Å²) >= 11 is 6.43. The van der Waals surface area contributed by atoms with Crippen LogP contribution in [0.4, 0.5) is 15.9 Å². The molecule has 0 aromatic heterocycles. The first-order valence-corrected chi connectivity index (χ1v) is 9.26. The molecule has 0 atom stereocenters. The minimum atomic E-state index is -0.301. The lowest BCUT2D eigenvalue weighted by Crippen LogP contribution is -2.17. The highest BCUT2D eigenvalue weighted by atomic mass is 35.5. The van der Waals surface area contributed by atoms with Gasteiger partial charge in [0.25, 0.3) is 5.62 Å². The van der Waals surface area contributed by atoms with Gasteiger partial charge in [-0.3, -0.25) is 0 Å². The lowest BCUT2D eigenvalue weighted by atomic mass is 10.0. The van der Waals surface area contributed by atoms with Crippen LogP contribution in [0.1, 0.15) is 0 Å². The first kappa shape index (κ1) is 16.9. The average Bonchev–Trinajstić information content (AvgIpc) is 3.20. The molecule has 2 aromatic rings. The Morgan fingerprint density at radius 3 is 2.71 bits per heavy atom. The predicted molar refractivity (Wildman–Crippen MR) is 107 cm³/mol. The highest BCUT2D eigenvalue weighted by Gasteiger charge is 2.22. The smallest absolute Gasteiger partial charge is 0.251 e. The van der Waals surface area contributed by atoms with E-state index >= 15 is 0 Å². The number of nitrogens with one attached hydrogen (secondary N) is 1. The van der Waals surface area contributed by atoms with Crippen LogP contribution in [0.3, 0.4) is 0 Å². The highest BCUT2D eigenvalue weighted by Crippen LogP contribution is 2.39. The molecular formula is C21H15ClFN5. The Labute approximate surface area is 165 Å². The first-order chi connectivity index (χ1) is 13.7. The van der Waals surface area contributed by atoms with Gasteiger partial charge in [0.2, 0.25) is 0 Å². The minimum absolute atomic E-state index is 0.301. The Morgan fingerprint density at radius 2 is 1.89 bits per heavy atom. The van der Waals surface area contributed by atoms with E-state index in [4.69, 9.17) is 11.6 Å². The summed E-state index contributed by atoms with van der Waals surface area (Å²) in [4.78, 5) is 13.4. The molecule has 2 aromatic carbocycles. The van der Waals surface area contributed by atoms with E-state index in [2.05, 4.69) is 24.8 Å². The van der Waals surface area contributed by atoms with Crippen LogP contribution in [-0.4, -0.2) is 21.1 Å². The van der Waals surface area contributed by atoms with Crippen LogP contribution in [0.5, 0.6) is 0 Å². The molecule has 5 nitrogen and oxygen atoms in total. The highest BCUT2D eigenvalue weighted by molar-refractivity contribution is 6.33. The van der Waals surface area contributed by atoms with E-state index in [1.54, 1.807) is 18.3 Å². The molecule has 0 bridgehead atoms. The van der Waals surface area contributed by atoms with Crippen molar-refractivity contribution in [3.63, 3.8) is 0 Å². The summed E-state index contributed by atoms with van der Waals surface area (Å²) in [5, 5.41) is 4.13. The van der Waals surface area contributed by atoms with Crippen LogP contribution >= 0.6 is 11.6 Å². The molecule has 0 radical (unpaired) electrons. The average molecular weight is 392 g/mol. The van der Waals surface area contributed by atoms with Crippen molar-refractivity contribution in [1.82, 2.24) is 14.5 Å². The first-order valence-electron chi connectivity index (χ1n) is 8.89. The van der Waals surface area contributed by atoms with Crippen LogP contribution in [0.2, 0.25) is 5.02 Å². The third-order valence-corrected chi connectivity index (χ3v) is 5.04. The van der Waals surface area contributed by atoms with E-state index in [1.165, 1.54) is 12.1 Å². The molecule has 3 heterocycles. The standard InChI is InChI=1S/C21H15ClFN5/c22-18-4-2-1-3-16(18)17-11-13-12-25-21(26-15-7-5-14(23)6-8-15)27-19(13)28-10-9-24-20(17)28/h1-8,11-12,24H,9-10H2. The van der Waals surface area contributed by atoms with Crippen LogP contribution in [0, 0.1) is 5.82 Å². The van der Waals surface area contributed by atoms with Gasteiger partial charge in [-0.05, 0) is 36.4 Å². The van der Waals surface area contributed by atoms with Crippen LogP contribution in [-0.2, 0) is 6.54 Å². The zero-order valence-corrected chi connectivity index (χ0v) is 15.5. The van der Waals surface area contributed by atoms with Gasteiger partial charge in [-0.1, -0.05) is 29.8 Å². The maximum absolute atomic E-state index is 13.1. The van der Waals surface area contributed by atoms with Crippen LogP contribution in [0.15, 0.2) is 65.8 Å². The lowest BCUT2D eigenvalue weighted by molar-refractivity contribution is 0.628. The number of rotatable bonds is 2. The molecule has 28 heavy (non-hydrogen) atoms. The summed E-state index contributed by atoms with van der Waals surface area (Å²) in [6, 6.07) is 15.8. The van der Waals surface area contributed by atoms with Gasteiger partial charge in [0.05, 0.1) is 5.69 Å². The van der Waals surface area contributed by atoms with Gasteiger partial charge in [0.1, 0.15) is 17.5 Å². The molecule has 0 saturated heterocycles. The van der Waals surface area contributed by atoms with Gasteiger partial charge in [0.15, 0.2) is 0 Å². The van der Waals surface area contributed by atoms with Gasteiger partial charge in [0, 0.05) is 41.0 Å². The van der Waals surface area contributed by atoms with Crippen molar-refractivity contribution in [1.29, 1.82) is 0 Å². The fourth-order valence-electron chi connectivity index (χ4n) is 3.43. The van der Waals surface area contributed by atoms with E-state index in [9.17, 15) is 4.39 Å². The largest absolute Gasteiger partial charge is 0.369 e. The minimum Gasteiger partial charge on any atom is -0.369 e. The van der Waals surface area contributed by atoms with E-state index < -0.39 is 0 Å². The molecule has 3 aliphatic rings. The Hall–Kier alpha value is -3.25. The number of halogens is 2. The van der Waals surface area contributed by atoms with E-state index in [1.807, 2.05) is 30.3 Å². The maximum atomic E-state index is 13.1. The van der Waals surface area contributed by atoms with Crippen molar-refractivity contribution in [2.45, 2.75) is 6.54 Å². The summed E-state index contributed by atoms with van der Waals surface area (Å²) in [6.45, 7) is 1.60. The van der Waals surface area contributed by atoms with Gasteiger partial charge in [-0.25, -0.2) is 14.4 Å². The number of hydrogen-bond donors (Lipinski definition) is 1.